The lowest BCUT2D eigenvalue weighted by atomic mass is 10.0. The van der Waals surface area contributed by atoms with E-state index >= 15 is 0 Å². The number of unbranched alkanes of at least 4 members (excludes halogenated alkanes) is 12. The zero-order valence-electron chi connectivity index (χ0n) is 54.7. The van der Waals surface area contributed by atoms with Gasteiger partial charge < -0.3 is 27.9 Å². The number of carbonyl (C=O) groups is 2. The number of hydrogen-bond donors (Lipinski definition) is 0. The lowest BCUT2D eigenvalue weighted by Crippen LogP contribution is -2.37. The Bertz CT molecular complexity index is 2150. The van der Waals surface area contributed by atoms with Gasteiger partial charge in [0.15, 0.2) is 6.10 Å². The molecule has 10 heteroatoms. The molecule has 0 radical (unpaired) electrons. The van der Waals surface area contributed by atoms with Gasteiger partial charge in [0.25, 0.3) is 7.82 Å². The summed E-state index contributed by atoms with van der Waals surface area (Å²) in [6.45, 7) is 3.91. The van der Waals surface area contributed by atoms with Gasteiger partial charge in [0.1, 0.15) is 19.8 Å². The average Bonchev–Trinajstić information content (AvgIpc) is 3.67. The van der Waals surface area contributed by atoms with Crippen LogP contribution < -0.4 is 4.89 Å². The zero-order chi connectivity index (χ0) is 62.6. The molecule has 0 fully saturated rings. The standard InChI is InChI=1S/C76H120NO8P/c1-6-8-10-12-14-16-18-20-22-24-26-28-30-32-34-36-37-38-39-41-42-44-46-48-50-52-54-56-58-60-62-64-66-68-75(78)82-72-74(73-84-86(80,81)83-71-70-77(3,4)5)85-76(79)69-67-65-63-61-59-57-55-53-51-49-47-45-43-40-35-33-31-29-27-25-23-21-19-17-15-13-11-9-7-2/h8-11,14-17,20-23,26-29,32-35,37-38,41-43,45,49,51,55,57,61,63,74H,6-7,12-13,18-19,24-25,30-31,36,39-40,44,46-48,50,52-54,56,58-60,62,64-73H2,1-5H3/b10-8-,11-9-,16-14-,17-15-,22-20-,23-21-,28-26-,29-27-,34-32-,35-33-,38-37-,42-41-,45-43-,51-49-,57-55-,63-61-. The number of rotatable bonds is 58. The zero-order valence-corrected chi connectivity index (χ0v) is 55.6. The normalized spacial score (nSPS) is 14.4. The topological polar surface area (TPSA) is 111 Å². The molecule has 0 aromatic heterocycles. The number of esters is 2. The molecule has 0 N–H and O–H groups in total. The Balaban J connectivity index is 4.25. The van der Waals surface area contributed by atoms with Crippen molar-refractivity contribution < 1.29 is 42.1 Å². The second-order valence-corrected chi connectivity index (χ2v) is 23.8. The van der Waals surface area contributed by atoms with Crippen molar-refractivity contribution in [1.29, 1.82) is 0 Å². The SMILES string of the molecule is CC/C=C\C/C=C\C/C=C\C/C=C\C/C=C\C/C=C\C/C=C\C/C=C\C/C=C\CCCC(=O)OC(COC(=O)CCCCCCCCCCCCC/C=C\C/C=C\C/C=C\C/C=C\C/C=C\C/C=C\C/C=C\CC)COP(=O)([O-])OCC[N+](C)(C)C. The van der Waals surface area contributed by atoms with Crippen LogP contribution in [-0.2, 0) is 32.7 Å². The van der Waals surface area contributed by atoms with E-state index in [4.69, 9.17) is 18.5 Å². The number of carbonyl (C=O) groups excluding carboxylic acids is 2. The maximum Gasteiger partial charge on any atom is 0.306 e. The number of ether oxygens (including phenoxy) is 2. The molecule has 86 heavy (non-hydrogen) atoms. The van der Waals surface area contributed by atoms with Gasteiger partial charge in [0.05, 0.1) is 27.7 Å². The minimum absolute atomic E-state index is 0.0535. The quantitative estimate of drug-likeness (QED) is 0.0195. The van der Waals surface area contributed by atoms with Crippen molar-refractivity contribution in [1.82, 2.24) is 0 Å². The number of phosphoric acid groups is 1. The highest BCUT2D eigenvalue weighted by Gasteiger charge is 2.21. The van der Waals surface area contributed by atoms with Crippen LogP contribution in [0.2, 0.25) is 0 Å². The molecule has 0 aliphatic rings. The van der Waals surface area contributed by atoms with Gasteiger partial charge in [-0.1, -0.05) is 266 Å². The number of quaternary nitrogens is 1. The number of allylic oxidation sites excluding steroid dienone is 32. The molecule has 0 aromatic rings. The highest BCUT2D eigenvalue weighted by atomic mass is 31.2. The van der Waals surface area contributed by atoms with E-state index in [-0.39, 0.29) is 26.1 Å². The molecule has 9 nitrogen and oxygen atoms in total. The summed E-state index contributed by atoms with van der Waals surface area (Å²) in [5.41, 5.74) is 0. The molecule has 0 spiro atoms. The number of phosphoric ester groups is 1. The van der Waals surface area contributed by atoms with Gasteiger partial charge in [0.2, 0.25) is 0 Å². The predicted octanol–water partition coefficient (Wildman–Crippen LogP) is 21.1. The number of nitrogens with zero attached hydrogens (tertiary/aromatic N) is 1. The van der Waals surface area contributed by atoms with E-state index in [1.54, 1.807) is 0 Å². The van der Waals surface area contributed by atoms with Crippen molar-refractivity contribution in [3.8, 4) is 0 Å². The predicted molar refractivity (Wildman–Crippen MR) is 369 cm³/mol. The maximum absolute atomic E-state index is 12.8. The molecule has 0 bridgehead atoms. The Labute approximate surface area is 526 Å². The first-order valence-electron chi connectivity index (χ1n) is 33.1. The first-order valence-corrected chi connectivity index (χ1v) is 34.6. The summed E-state index contributed by atoms with van der Waals surface area (Å²) in [6.07, 6.45) is 101. The summed E-state index contributed by atoms with van der Waals surface area (Å²) in [5.74, 6) is -0.922. The van der Waals surface area contributed by atoms with Gasteiger partial charge in [-0.15, -0.1) is 0 Å². The highest BCUT2D eigenvalue weighted by Crippen LogP contribution is 2.38. The third kappa shape index (κ3) is 68.0. The summed E-state index contributed by atoms with van der Waals surface area (Å²) in [5, 5.41) is 0. The van der Waals surface area contributed by atoms with Crippen LogP contribution >= 0.6 is 7.82 Å². The maximum atomic E-state index is 12.8. The van der Waals surface area contributed by atoms with Crippen LogP contribution in [0.1, 0.15) is 219 Å². The van der Waals surface area contributed by atoms with Crippen LogP contribution in [-0.4, -0.2) is 70.0 Å². The van der Waals surface area contributed by atoms with E-state index in [1.165, 1.54) is 44.9 Å². The summed E-state index contributed by atoms with van der Waals surface area (Å²) in [6, 6.07) is 0. The Morgan fingerprint density at radius 2 is 0.640 bits per heavy atom. The lowest BCUT2D eigenvalue weighted by molar-refractivity contribution is -0.870. The molecule has 0 aliphatic heterocycles. The van der Waals surface area contributed by atoms with E-state index < -0.39 is 32.5 Å². The molecule has 0 saturated heterocycles. The van der Waals surface area contributed by atoms with Gasteiger partial charge in [-0.25, -0.2) is 0 Å². The Morgan fingerprint density at radius 1 is 0.360 bits per heavy atom. The third-order valence-electron chi connectivity index (χ3n) is 13.1. The van der Waals surface area contributed by atoms with E-state index in [2.05, 4.69) is 202 Å². The van der Waals surface area contributed by atoms with Crippen molar-refractivity contribution in [3.63, 3.8) is 0 Å². The van der Waals surface area contributed by atoms with Gasteiger partial charge in [-0.3, -0.25) is 14.2 Å². The van der Waals surface area contributed by atoms with Gasteiger partial charge in [0, 0.05) is 12.8 Å². The van der Waals surface area contributed by atoms with E-state index in [9.17, 15) is 19.0 Å². The monoisotopic (exact) mass is 1210 g/mol. The van der Waals surface area contributed by atoms with Crippen LogP contribution in [0.3, 0.4) is 0 Å². The van der Waals surface area contributed by atoms with E-state index in [0.29, 0.717) is 30.3 Å². The molecule has 0 aliphatic carbocycles. The van der Waals surface area contributed by atoms with Crippen LogP contribution in [0, 0.1) is 0 Å². The molecule has 0 heterocycles. The summed E-state index contributed by atoms with van der Waals surface area (Å²) in [7, 11) is 1.10. The lowest BCUT2D eigenvalue weighted by Gasteiger charge is -2.28. The van der Waals surface area contributed by atoms with Crippen molar-refractivity contribution in [2.24, 2.45) is 0 Å². The fourth-order valence-electron chi connectivity index (χ4n) is 8.11. The van der Waals surface area contributed by atoms with E-state index in [0.717, 1.165) is 128 Å². The van der Waals surface area contributed by atoms with Crippen LogP contribution in [0.4, 0.5) is 0 Å². The second kappa shape index (κ2) is 64.3. The summed E-state index contributed by atoms with van der Waals surface area (Å²) >= 11 is 0. The summed E-state index contributed by atoms with van der Waals surface area (Å²) in [4.78, 5) is 38.0. The van der Waals surface area contributed by atoms with Crippen molar-refractivity contribution in [2.45, 2.75) is 225 Å². The van der Waals surface area contributed by atoms with Crippen LogP contribution in [0.15, 0.2) is 194 Å². The first-order chi connectivity index (χ1) is 42.0. The Kier molecular flexibility index (Phi) is 60.5. The van der Waals surface area contributed by atoms with Gasteiger partial charge in [-0.2, -0.15) is 0 Å². The van der Waals surface area contributed by atoms with Crippen molar-refractivity contribution in [2.75, 3.05) is 47.5 Å². The molecule has 0 saturated carbocycles. The van der Waals surface area contributed by atoms with Crippen LogP contribution in [0.25, 0.3) is 0 Å². The molecule has 482 valence electrons. The highest BCUT2D eigenvalue weighted by molar-refractivity contribution is 7.45. The first kappa shape index (κ1) is 80.8. The van der Waals surface area contributed by atoms with Gasteiger partial charge >= 0.3 is 11.9 Å². The van der Waals surface area contributed by atoms with Crippen LogP contribution in [0.5, 0.6) is 0 Å². The second-order valence-electron chi connectivity index (χ2n) is 22.4. The Morgan fingerprint density at radius 3 is 0.965 bits per heavy atom. The van der Waals surface area contributed by atoms with Gasteiger partial charge in [-0.05, 0) is 135 Å². The average molecular weight is 1210 g/mol. The molecule has 2 atom stereocenters. The molecular formula is C76H120NO8P. The van der Waals surface area contributed by atoms with E-state index in [1.807, 2.05) is 27.2 Å². The minimum atomic E-state index is -4.67. The fourth-order valence-corrected chi connectivity index (χ4v) is 8.84. The summed E-state index contributed by atoms with van der Waals surface area (Å²) < 4.78 is 34.2. The molecule has 0 aromatic carbocycles. The third-order valence-corrected chi connectivity index (χ3v) is 14.1. The fraction of sp³-hybridized carbons (Fsp3) is 0.553. The molecule has 0 amide bonds. The van der Waals surface area contributed by atoms with Crippen molar-refractivity contribution >= 4 is 19.8 Å². The largest absolute Gasteiger partial charge is 0.756 e. The smallest absolute Gasteiger partial charge is 0.306 e. The minimum Gasteiger partial charge on any atom is -0.756 e. The molecule has 0 rings (SSSR count). The Hall–Kier alpha value is -5.15. The number of likely N-dealkylation sites (N-methyl/N-ethyl adjacent to an activating group) is 1. The van der Waals surface area contributed by atoms with Crippen molar-refractivity contribution in [3.05, 3.63) is 194 Å². The molecular weight excluding hydrogens is 1090 g/mol. The molecule has 2 unspecified atom stereocenters. The number of hydrogen-bond acceptors (Lipinski definition) is 8.